The van der Waals surface area contributed by atoms with Gasteiger partial charge in [0.25, 0.3) is 5.91 Å². The molecular formula is C12H11ClN2O2. The molecule has 5 heteroatoms. The molecule has 88 valence electrons. The first-order valence-corrected chi connectivity index (χ1v) is 5.44. The number of nitrogens with one attached hydrogen (secondary N) is 1. The fourth-order valence-electron chi connectivity index (χ4n) is 1.37. The fraction of sp³-hybridized carbons (Fsp3) is 0.167. The van der Waals surface area contributed by atoms with E-state index in [9.17, 15) is 4.79 Å². The smallest absolute Gasteiger partial charge is 0.294 e. The lowest BCUT2D eigenvalue weighted by Crippen LogP contribution is -2.12. The van der Waals surface area contributed by atoms with Crippen molar-refractivity contribution in [2.75, 3.05) is 5.32 Å². The van der Waals surface area contributed by atoms with Gasteiger partial charge in [0, 0.05) is 16.3 Å². The van der Waals surface area contributed by atoms with Crippen LogP contribution < -0.4 is 5.32 Å². The van der Waals surface area contributed by atoms with E-state index >= 15 is 0 Å². The van der Waals surface area contributed by atoms with E-state index < -0.39 is 0 Å². The van der Waals surface area contributed by atoms with Crippen LogP contribution in [-0.2, 0) is 0 Å². The summed E-state index contributed by atoms with van der Waals surface area (Å²) in [5.74, 6) is -0.124. The van der Waals surface area contributed by atoms with Gasteiger partial charge in [-0.05, 0) is 31.5 Å². The minimum Gasteiger partial charge on any atom is -0.351 e. The Kier molecular flexibility index (Phi) is 3.15. The largest absolute Gasteiger partial charge is 0.351 e. The SMILES string of the molecule is Cc1ccc(NC(=O)c2oncc2C)cc1Cl. The van der Waals surface area contributed by atoms with Crippen LogP contribution in [0.5, 0.6) is 0 Å². The molecule has 0 spiro atoms. The predicted octanol–water partition coefficient (Wildman–Crippen LogP) is 3.20. The second-order valence-electron chi connectivity index (χ2n) is 3.76. The Hall–Kier alpha value is -1.81. The van der Waals surface area contributed by atoms with Gasteiger partial charge in [-0.2, -0.15) is 0 Å². The summed E-state index contributed by atoms with van der Waals surface area (Å²) in [6, 6.07) is 5.32. The van der Waals surface area contributed by atoms with E-state index in [0.717, 1.165) is 5.56 Å². The molecule has 17 heavy (non-hydrogen) atoms. The minimum absolute atomic E-state index is 0.210. The molecule has 1 aromatic heterocycles. The van der Waals surface area contributed by atoms with Gasteiger partial charge in [-0.1, -0.05) is 22.8 Å². The van der Waals surface area contributed by atoms with Gasteiger partial charge in [-0.15, -0.1) is 0 Å². The van der Waals surface area contributed by atoms with Crippen LogP contribution in [0.15, 0.2) is 28.9 Å². The topological polar surface area (TPSA) is 55.1 Å². The summed E-state index contributed by atoms with van der Waals surface area (Å²) in [5.41, 5.74) is 2.28. The molecule has 1 amide bonds. The third-order valence-corrected chi connectivity index (χ3v) is 2.79. The summed E-state index contributed by atoms with van der Waals surface area (Å²) in [5, 5.41) is 6.86. The Labute approximate surface area is 104 Å². The number of aryl methyl sites for hydroxylation is 2. The number of aromatic nitrogens is 1. The lowest BCUT2D eigenvalue weighted by molar-refractivity contribution is 0.0987. The molecule has 4 nitrogen and oxygen atoms in total. The Balaban J connectivity index is 2.19. The predicted molar refractivity (Wildman–Crippen MR) is 65.4 cm³/mol. The van der Waals surface area contributed by atoms with E-state index in [-0.39, 0.29) is 11.7 Å². The molecule has 0 atom stereocenters. The highest BCUT2D eigenvalue weighted by Gasteiger charge is 2.14. The average molecular weight is 251 g/mol. The third kappa shape index (κ3) is 2.47. The first-order chi connectivity index (χ1) is 8.08. The number of hydrogen-bond acceptors (Lipinski definition) is 3. The van der Waals surface area contributed by atoms with Crippen LogP contribution in [0.1, 0.15) is 21.7 Å². The van der Waals surface area contributed by atoms with Gasteiger partial charge in [0.05, 0.1) is 6.20 Å². The molecule has 1 aromatic carbocycles. The van der Waals surface area contributed by atoms with Crippen LogP contribution in [0.2, 0.25) is 5.02 Å². The Morgan fingerprint density at radius 2 is 2.12 bits per heavy atom. The lowest BCUT2D eigenvalue weighted by Gasteiger charge is -2.05. The molecule has 0 aliphatic rings. The molecule has 0 unspecified atom stereocenters. The summed E-state index contributed by atoms with van der Waals surface area (Å²) in [4.78, 5) is 11.8. The number of hydrogen-bond donors (Lipinski definition) is 1. The van der Waals surface area contributed by atoms with Gasteiger partial charge in [0.15, 0.2) is 0 Å². The first kappa shape index (κ1) is 11.7. The van der Waals surface area contributed by atoms with Gasteiger partial charge in [-0.3, -0.25) is 4.79 Å². The van der Waals surface area contributed by atoms with Crippen LogP contribution in [0.25, 0.3) is 0 Å². The highest BCUT2D eigenvalue weighted by molar-refractivity contribution is 6.31. The van der Waals surface area contributed by atoms with Crippen LogP contribution >= 0.6 is 11.6 Å². The standard InChI is InChI=1S/C12H11ClN2O2/c1-7-3-4-9(5-10(7)13)15-12(16)11-8(2)6-14-17-11/h3-6H,1-2H3,(H,15,16). The highest BCUT2D eigenvalue weighted by atomic mass is 35.5. The number of carbonyl (C=O) groups excluding carboxylic acids is 1. The van der Waals surface area contributed by atoms with Gasteiger partial charge >= 0.3 is 0 Å². The van der Waals surface area contributed by atoms with Crippen molar-refractivity contribution >= 4 is 23.2 Å². The van der Waals surface area contributed by atoms with Crippen molar-refractivity contribution in [3.8, 4) is 0 Å². The monoisotopic (exact) mass is 250 g/mol. The molecule has 2 rings (SSSR count). The lowest BCUT2D eigenvalue weighted by atomic mass is 10.2. The zero-order valence-electron chi connectivity index (χ0n) is 9.45. The number of carbonyl (C=O) groups is 1. The van der Waals surface area contributed by atoms with Gasteiger partial charge in [0.2, 0.25) is 5.76 Å². The maximum absolute atomic E-state index is 11.8. The van der Waals surface area contributed by atoms with Crippen molar-refractivity contribution in [2.24, 2.45) is 0 Å². The van der Waals surface area contributed by atoms with Crippen LogP contribution in [0, 0.1) is 13.8 Å². The molecule has 1 N–H and O–H groups in total. The van der Waals surface area contributed by atoms with Crippen molar-refractivity contribution in [1.82, 2.24) is 5.16 Å². The second kappa shape index (κ2) is 4.59. The van der Waals surface area contributed by atoms with E-state index in [1.165, 1.54) is 6.20 Å². The zero-order chi connectivity index (χ0) is 12.4. The number of rotatable bonds is 2. The molecule has 0 aliphatic carbocycles. The Morgan fingerprint density at radius 1 is 1.35 bits per heavy atom. The maximum Gasteiger partial charge on any atom is 0.294 e. The molecule has 0 saturated heterocycles. The Morgan fingerprint density at radius 3 is 2.71 bits per heavy atom. The molecule has 0 bridgehead atoms. The normalized spacial score (nSPS) is 10.3. The van der Waals surface area contributed by atoms with Gasteiger partial charge in [-0.25, -0.2) is 0 Å². The molecule has 0 radical (unpaired) electrons. The summed E-state index contributed by atoms with van der Waals surface area (Å²) >= 11 is 5.97. The van der Waals surface area contributed by atoms with E-state index in [4.69, 9.17) is 16.1 Å². The minimum atomic E-state index is -0.333. The summed E-state index contributed by atoms with van der Waals surface area (Å²) < 4.78 is 4.86. The van der Waals surface area contributed by atoms with E-state index in [1.54, 1.807) is 19.1 Å². The molecule has 2 aromatic rings. The van der Waals surface area contributed by atoms with Crippen molar-refractivity contribution in [1.29, 1.82) is 0 Å². The van der Waals surface area contributed by atoms with E-state index in [2.05, 4.69) is 10.5 Å². The molecule has 1 heterocycles. The summed E-state index contributed by atoms with van der Waals surface area (Å²) in [6.45, 7) is 3.65. The van der Waals surface area contributed by atoms with Crippen molar-refractivity contribution in [3.63, 3.8) is 0 Å². The highest BCUT2D eigenvalue weighted by Crippen LogP contribution is 2.20. The number of nitrogens with zero attached hydrogens (tertiary/aromatic N) is 1. The second-order valence-corrected chi connectivity index (χ2v) is 4.16. The summed E-state index contributed by atoms with van der Waals surface area (Å²) in [6.07, 6.45) is 1.50. The van der Waals surface area contributed by atoms with E-state index in [1.807, 2.05) is 13.0 Å². The molecular weight excluding hydrogens is 240 g/mol. The number of halogens is 1. The number of amides is 1. The van der Waals surface area contributed by atoms with Crippen LogP contribution in [-0.4, -0.2) is 11.1 Å². The number of benzene rings is 1. The molecule has 0 fully saturated rings. The Bertz CT molecular complexity index is 563. The van der Waals surface area contributed by atoms with Gasteiger partial charge < -0.3 is 9.84 Å². The maximum atomic E-state index is 11.8. The molecule has 0 aliphatic heterocycles. The van der Waals surface area contributed by atoms with Crippen LogP contribution in [0.3, 0.4) is 0 Å². The summed E-state index contributed by atoms with van der Waals surface area (Å²) in [7, 11) is 0. The van der Waals surface area contributed by atoms with Crippen molar-refractivity contribution in [3.05, 3.63) is 46.3 Å². The third-order valence-electron chi connectivity index (χ3n) is 2.38. The van der Waals surface area contributed by atoms with Crippen molar-refractivity contribution in [2.45, 2.75) is 13.8 Å². The first-order valence-electron chi connectivity index (χ1n) is 5.06. The average Bonchev–Trinajstić information content (AvgIpc) is 2.70. The van der Waals surface area contributed by atoms with Crippen LogP contribution in [0.4, 0.5) is 5.69 Å². The van der Waals surface area contributed by atoms with Gasteiger partial charge in [0.1, 0.15) is 0 Å². The quantitative estimate of drug-likeness (QED) is 0.891. The number of anilines is 1. The molecule has 0 saturated carbocycles. The van der Waals surface area contributed by atoms with Crippen molar-refractivity contribution < 1.29 is 9.32 Å². The fourth-order valence-corrected chi connectivity index (χ4v) is 1.55. The van der Waals surface area contributed by atoms with E-state index in [0.29, 0.717) is 16.3 Å². The zero-order valence-corrected chi connectivity index (χ0v) is 10.2.